The van der Waals surface area contributed by atoms with Gasteiger partial charge in [-0.3, -0.25) is 4.98 Å². The molecule has 1 aromatic rings. The SMILES string of the molecule is CCCNC(CC(C)(C)OC)c1cnccc1C(F)(F)F. The molecule has 6 heteroatoms. The van der Waals surface area contributed by atoms with Gasteiger partial charge in [0.1, 0.15) is 0 Å². The van der Waals surface area contributed by atoms with Crippen molar-refractivity contribution >= 4 is 0 Å². The summed E-state index contributed by atoms with van der Waals surface area (Å²) in [5, 5.41) is 3.17. The van der Waals surface area contributed by atoms with E-state index in [1.165, 1.54) is 12.4 Å². The van der Waals surface area contributed by atoms with Gasteiger partial charge >= 0.3 is 6.18 Å². The van der Waals surface area contributed by atoms with Crippen LogP contribution in [0.2, 0.25) is 0 Å². The normalized spacial score (nSPS) is 14.2. The molecular weight excluding hydrogens is 281 g/mol. The van der Waals surface area contributed by atoms with E-state index in [4.69, 9.17) is 4.74 Å². The number of rotatable bonds is 7. The number of methoxy groups -OCH3 is 1. The number of alkyl halides is 3. The minimum absolute atomic E-state index is 0.170. The monoisotopic (exact) mass is 304 g/mol. The van der Waals surface area contributed by atoms with E-state index in [1.54, 1.807) is 7.11 Å². The van der Waals surface area contributed by atoms with Crippen LogP contribution in [-0.2, 0) is 10.9 Å². The standard InChI is InChI=1S/C15H23F3N2O/c1-5-7-20-13(9-14(2,3)21-4)11-10-19-8-6-12(11)15(16,17)18/h6,8,10,13,20H,5,7,9H2,1-4H3. The molecule has 0 aliphatic rings. The quantitative estimate of drug-likeness (QED) is 0.828. The molecule has 1 N–H and O–H groups in total. The van der Waals surface area contributed by atoms with Gasteiger partial charge in [0, 0.05) is 25.5 Å². The predicted octanol–water partition coefficient (Wildman–Crippen LogP) is 3.96. The van der Waals surface area contributed by atoms with Crippen LogP contribution in [0.15, 0.2) is 18.5 Å². The van der Waals surface area contributed by atoms with Gasteiger partial charge in [-0.15, -0.1) is 0 Å². The fourth-order valence-electron chi connectivity index (χ4n) is 2.13. The summed E-state index contributed by atoms with van der Waals surface area (Å²) in [5.41, 5.74) is -0.994. The molecule has 1 atom stereocenters. The first-order valence-electron chi connectivity index (χ1n) is 7.01. The lowest BCUT2D eigenvalue weighted by atomic mass is 9.91. The highest BCUT2D eigenvalue weighted by Gasteiger charge is 2.36. The van der Waals surface area contributed by atoms with E-state index >= 15 is 0 Å². The highest BCUT2D eigenvalue weighted by atomic mass is 19.4. The molecule has 0 aromatic carbocycles. The number of nitrogens with one attached hydrogen (secondary N) is 1. The molecule has 0 amide bonds. The highest BCUT2D eigenvalue weighted by molar-refractivity contribution is 5.29. The summed E-state index contributed by atoms with van der Waals surface area (Å²) in [7, 11) is 1.56. The van der Waals surface area contributed by atoms with Gasteiger partial charge in [-0.1, -0.05) is 6.92 Å². The molecule has 0 spiro atoms. The molecule has 0 saturated carbocycles. The highest BCUT2D eigenvalue weighted by Crippen LogP contribution is 2.36. The van der Waals surface area contributed by atoms with Gasteiger partial charge in [0.15, 0.2) is 0 Å². The van der Waals surface area contributed by atoms with Crippen molar-refractivity contribution in [2.24, 2.45) is 0 Å². The molecule has 1 heterocycles. The Morgan fingerprint density at radius 3 is 2.52 bits per heavy atom. The van der Waals surface area contributed by atoms with E-state index in [0.29, 0.717) is 13.0 Å². The zero-order chi connectivity index (χ0) is 16.1. The van der Waals surface area contributed by atoms with Crippen molar-refractivity contribution in [1.29, 1.82) is 0 Å². The second-order valence-corrected chi connectivity index (χ2v) is 5.64. The maximum absolute atomic E-state index is 13.2. The van der Waals surface area contributed by atoms with E-state index in [0.717, 1.165) is 12.5 Å². The lowest BCUT2D eigenvalue weighted by Gasteiger charge is -2.30. The van der Waals surface area contributed by atoms with E-state index < -0.39 is 23.4 Å². The number of halogens is 3. The maximum atomic E-state index is 13.2. The first kappa shape index (κ1) is 17.9. The Hall–Kier alpha value is -1.14. The third-order valence-corrected chi connectivity index (χ3v) is 3.42. The number of pyridine rings is 1. The largest absolute Gasteiger partial charge is 0.416 e. The molecule has 0 saturated heterocycles. The van der Waals surface area contributed by atoms with Crippen LogP contribution in [0.5, 0.6) is 0 Å². The Bertz CT molecular complexity index is 447. The summed E-state index contributed by atoms with van der Waals surface area (Å²) in [4.78, 5) is 3.86. The van der Waals surface area contributed by atoms with Gasteiger partial charge < -0.3 is 10.1 Å². The predicted molar refractivity (Wildman–Crippen MR) is 76.0 cm³/mol. The second-order valence-electron chi connectivity index (χ2n) is 5.64. The molecule has 0 radical (unpaired) electrons. The van der Waals surface area contributed by atoms with Crippen LogP contribution in [0.3, 0.4) is 0 Å². The molecule has 0 aliphatic carbocycles. The van der Waals surface area contributed by atoms with Crippen LogP contribution >= 0.6 is 0 Å². The van der Waals surface area contributed by atoms with Crippen LogP contribution in [0.4, 0.5) is 13.2 Å². The summed E-state index contributed by atoms with van der Waals surface area (Å²) < 4.78 is 44.8. The minimum Gasteiger partial charge on any atom is -0.379 e. The van der Waals surface area contributed by atoms with Crippen molar-refractivity contribution < 1.29 is 17.9 Å². The third-order valence-electron chi connectivity index (χ3n) is 3.42. The van der Waals surface area contributed by atoms with Gasteiger partial charge in [0.2, 0.25) is 0 Å². The first-order chi connectivity index (χ1) is 9.71. The molecule has 1 rings (SSSR count). The van der Waals surface area contributed by atoms with Gasteiger partial charge in [-0.25, -0.2) is 0 Å². The molecule has 1 unspecified atom stereocenters. The van der Waals surface area contributed by atoms with Crippen molar-refractivity contribution in [2.75, 3.05) is 13.7 Å². The Labute approximate surface area is 123 Å². The van der Waals surface area contributed by atoms with E-state index in [1.807, 2.05) is 20.8 Å². The zero-order valence-corrected chi connectivity index (χ0v) is 12.9. The van der Waals surface area contributed by atoms with Crippen molar-refractivity contribution in [3.05, 3.63) is 29.6 Å². The zero-order valence-electron chi connectivity index (χ0n) is 12.9. The lowest BCUT2D eigenvalue weighted by Crippen LogP contribution is -2.33. The van der Waals surface area contributed by atoms with Crippen molar-refractivity contribution in [1.82, 2.24) is 10.3 Å². The van der Waals surface area contributed by atoms with Gasteiger partial charge in [0.25, 0.3) is 0 Å². The molecule has 0 bridgehead atoms. The smallest absolute Gasteiger partial charge is 0.379 e. The fourth-order valence-corrected chi connectivity index (χ4v) is 2.13. The molecule has 0 fully saturated rings. The average Bonchev–Trinajstić information content (AvgIpc) is 2.42. The molecule has 3 nitrogen and oxygen atoms in total. The lowest BCUT2D eigenvalue weighted by molar-refractivity contribution is -0.138. The number of nitrogens with zero attached hydrogens (tertiary/aromatic N) is 1. The molecular formula is C15H23F3N2O. The van der Waals surface area contributed by atoms with Crippen molar-refractivity contribution in [3.63, 3.8) is 0 Å². The maximum Gasteiger partial charge on any atom is 0.416 e. The molecule has 0 aliphatic heterocycles. The summed E-state index contributed by atoms with van der Waals surface area (Å²) in [6.45, 7) is 6.32. The van der Waals surface area contributed by atoms with Crippen LogP contribution < -0.4 is 5.32 Å². The summed E-state index contributed by atoms with van der Waals surface area (Å²) in [5.74, 6) is 0. The third kappa shape index (κ3) is 5.28. The molecule has 21 heavy (non-hydrogen) atoms. The molecule has 1 aromatic heterocycles. The number of ether oxygens (including phenoxy) is 1. The van der Waals surface area contributed by atoms with Crippen LogP contribution in [0, 0.1) is 0 Å². The Morgan fingerprint density at radius 1 is 1.33 bits per heavy atom. The Balaban J connectivity index is 3.14. The van der Waals surface area contributed by atoms with Crippen LogP contribution in [-0.4, -0.2) is 24.2 Å². The minimum atomic E-state index is -4.39. The number of aromatic nitrogens is 1. The van der Waals surface area contributed by atoms with E-state index in [2.05, 4.69) is 10.3 Å². The van der Waals surface area contributed by atoms with Crippen molar-refractivity contribution in [2.45, 2.75) is 51.4 Å². The fraction of sp³-hybridized carbons (Fsp3) is 0.667. The van der Waals surface area contributed by atoms with Gasteiger partial charge in [-0.05, 0) is 44.9 Å². The van der Waals surface area contributed by atoms with Gasteiger partial charge in [-0.2, -0.15) is 13.2 Å². The van der Waals surface area contributed by atoms with Crippen LogP contribution in [0.25, 0.3) is 0 Å². The first-order valence-corrected chi connectivity index (χ1v) is 7.01. The van der Waals surface area contributed by atoms with Gasteiger partial charge in [0.05, 0.1) is 11.2 Å². The second kappa shape index (κ2) is 7.22. The average molecular weight is 304 g/mol. The number of hydrogen-bond donors (Lipinski definition) is 1. The number of hydrogen-bond acceptors (Lipinski definition) is 3. The van der Waals surface area contributed by atoms with E-state index in [-0.39, 0.29) is 5.56 Å². The van der Waals surface area contributed by atoms with E-state index in [9.17, 15) is 13.2 Å². The Kier molecular flexibility index (Phi) is 6.16. The summed E-state index contributed by atoms with van der Waals surface area (Å²) in [6.07, 6.45) is -0.655. The summed E-state index contributed by atoms with van der Waals surface area (Å²) in [6, 6.07) is 0.570. The molecule has 120 valence electrons. The van der Waals surface area contributed by atoms with Crippen LogP contribution in [0.1, 0.15) is 50.8 Å². The van der Waals surface area contributed by atoms with Crippen molar-refractivity contribution in [3.8, 4) is 0 Å². The summed E-state index contributed by atoms with van der Waals surface area (Å²) >= 11 is 0. The Morgan fingerprint density at radius 2 is 2.00 bits per heavy atom. The topological polar surface area (TPSA) is 34.1 Å².